The molecule has 0 spiro atoms. The van der Waals surface area contributed by atoms with Crippen LogP contribution < -0.4 is 4.90 Å². The number of aromatic nitrogens is 2. The molecule has 0 radical (unpaired) electrons. The molecule has 106 valence electrons. The Labute approximate surface area is 118 Å². The van der Waals surface area contributed by atoms with E-state index < -0.39 is 5.60 Å². The summed E-state index contributed by atoms with van der Waals surface area (Å²) in [5.74, 6) is 0.631. The van der Waals surface area contributed by atoms with Crippen molar-refractivity contribution in [1.29, 1.82) is 0 Å². The molecule has 20 heavy (non-hydrogen) atoms. The number of rotatable bonds is 3. The Balaban J connectivity index is 1.83. The van der Waals surface area contributed by atoms with Crippen LogP contribution in [0.25, 0.3) is 0 Å². The second-order valence-corrected chi connectivity index (χ2v) is 5.35. The Kier molecular flexibility index (Phi) is 3.22. The summed E-state index contributed by atoms with van der Waals surface area (Å²) < 4.78 is 5.57. The molecule has 1 saturated heterocycles. The third-order valence-corrected chi connectivity index (χ3v) is 3.92. The van der Waals surface area contributed by atoms with E-state index >= 15 is 0 Å². The molecule has 2 heterocycles. The largest absolute Gasteiger partial charge is 0.408 e. The molecule has 1 aliphatic heterocycles. The van der Waals surface area contributed by atoms with Crippen molar-refractivity contribution in [1.82, 2.24) is 10.2 Å². The third kappa shape index (κ3) is 2.18. The van der Waals surface area contributed by atoms with Gasteiger partial charge in [0.05, 0.1) is 6.54 Å². The van der Waals surface area contributed by atoms with Gasteiger partial charge in [0.2, 0.25) is 5.89 Å². The van der Waals surface area contributed by atoms with Gasteiger partial charge in [-0.2, -0.15) is 0 Å². The summed E-state index contributed by atoms with van der Waals surface area (Å²) in [6.07, 6.45) is 1.39. The molecule has 0 saturated carbocycles. The average Bonchev–Trinajstić information content (AvgIpc) is 3.06. The standard InChI is InChI=1S/C15H19N3O2/c1-3-13-16-17-14(20-13)18-9-8-15(19,10-18)12-7-5-4-6-11(12)2/h4-7,19H,3,8-10H2,1-2H3. The topological polar surface area (TPSA) is 62.4 Å². The summed E-state index contributed by atoms with van der Waals surface area (Å²) in [7, 11) is 0. The van der Waals surface area contributed by atoms with Crippen LogP contribution in [0.15, 0.2) is 28.7 Å². The van der Waals surface area contributed by atoms with Crippen molar-refractivity contribution in [2.45, 2.75) is 32.3 Å². The minimum Gasteiger partial charge on any atom is -0.408 e. The van der Waals surface area contributed by atoms with Gasteiger partial charge in [0.1, 0.15) is 5.60 Å². The van der Waals surface area contributed by atoms with Gasteiger partial charge < -0.3 is 14.4 Å². The van der Waals surface area contributed by atoms with Crippen LogP contribution in [0.1, 0.15) is 30.4 Å². The van der Waals surface area contributed by atoms with Crippen LogP contribution in [0.2, 0.25) is 0 Å². The van der Waals surface area contributed by atoms with Gasteiger partial charge in [-0.15, -0.1) is 5.10 Å². The third-order valence-electron chi connectivity index (χ3n) is 3.92. The SMILES string of the molecule is CCc1nnc(N2CCC(O)(c3ccccc3C)C2)o1. The zero-order valence-corrected chi connectivity index (χ0v) is 11.8. The minimum absolute atomic E-state index is 0.489. The zero-order valence-electron chi connectivity index (χ0n) is 11.8. The van der Waals surface area contributed by atoms with Crippen molar-refractivity contribution in [3.05, 3.63) is 41.3 Å². The van der Waals surface area contributed by atoms with Crippen molar-refractivity contribution in [3.63, 3.8) is 0 Å². The molecule has 3 rings (SSSR count). The van der Waals surface area contributed by atoms with Gasteiger partial charge in [-0.1, -0.05) is 36.3 Å². The molecule has 1 aromatic carbocycles. The number of anilines is 1. The van der Waals surface area contributed by atoms with E-state index in [0.29, 0.717) is 24.9 Å². The van der Waals surface area contributed by atoms with E-state index in [9.17, 15) is 5.11 Å². The fourth-order valence-electron chi connectivity index (χ4n) is 2.79. The minimum atomic E-state index is -0.841. The second kappa shape index (κ2) is 4.90. The first-order chi connectivity index (χ1) is 9.62. The highest BCUT2D eigenvalue weighted by atomic mass is 16.4. The van der Waals surface area contributed by atoms with Crippen LogP contribution >= 0.6 is 0 Å². The highest BCUT2D eigenvalue weighted by molar-refractivity contribution is 5.38. The Bertz CT molecular complexity index is 611. The fourth-order valence-corrected chi connectivity index (χ4v) is 2.79. The highest BCUT2D eigenvalue weighted by Crippen LogP contribution is 2.35. The Morgan fingerprint density at radius 2 is 2.15 bits per heavy atom. The first-order valence-corrected chi connectivity index (χ1v) is 6.98. The maximum absolute atomic E-state index is 10.9. The van der Waals surface area contributed by atoms with Crippen molar-refractivity contribution in [2.24, 2.45) is 0 Å². The quantitative estimate of drug-likeness (QED) is 0.927. The first kappa shape index (κ1) is 13.1. The van der Waals surface area contributed by atoms with Gasteiger partial charge in [0.15, 0.2) is 0 Å². The van der Waals surface area contributed by atoms with E-state index in [4.69, 9.17) is 4.42 Å². The average molecular weight is 273 g/mol. The van der Waals surface area contributed by atoms with E-state index in [1.54, 1.807) is 0 Å². The number of hydrogen-bond donors (Lipinski definition) is 1. The van der Waals surface area contributed by atoms with Gasteiger partial charge in [-0.05, 0) is 24.5 Å². The maximum atomic E-state index is 10.9. The fraction of sp³-hybridized carbons (Fsp3) is 0.467. The Morgan fingerprint density at radius 3 is 2.85 bits per heavy atom. The molecule has 2 aromatic rings. The van der Waals surface area contributed by atoms with Crippen LogP contribution in [-0.2, 0) is 12.0 Å². The highest BCUT2D eigenvalue weighted by Gasteiger charge is 2.40. The van der Waals surface area contributed by atoms with E-state index in [0.717, 1.165) is 24.1 Å². The molecule has 0 amide bonds. The van der Waals surface area contributed by atoms with Crippen LogP contribution in [0.3, 0.4) is 0 Å². The van der Waals surface area contributed by atoms with Crippen molar-refractivity contribution < 1.29 is 9.52 Å². The lowest BCUT2D eigenvalue weighted by Gasteiger charge is -2.25. The number of nitrogens with zero attached hydrogens (tertiary/aromatic N) is 3. The first-order valence-electron chi connectivity index (χ1n) is 6.98. The zero-order chi connectivity index (χ0) is 14.2. The summed E-state index contributed by atoms with van der Waals surface area (Å²) >= 11 is 0. The lowest BCUT2D eigenvalue weighted by molar-refractivity contribution is 0.0597. The molecule has 1 aromatic heterocycles. The van der Waals surface area contributed by atoms with Gasteiger partial charge in [-0.25, -0.2) is 0 Å². The van der Waals surface area contributed by atoms with Crippen LogP contribution in [0.4, 0.5) is 6.01 Å². The summed E-state index contributed by atoms with van der Waals surface area (Å²) in [5.41, 5.74) is 1.25. The number of aryl methyl sites for hydroxylation is 2. The molecular formula is C15H19N3O2. The van der Waals surface area contributed by atoms with Gasteiger partial charge in [0, 0.05) is 13.0 Å². The summed E-state index contributed by atoms with van der Waals surface area (Å²) in [6, 6.07) is 8.47. The monoisotopic (exact) mass is 273 g/mol. The summed E-state index contributed by atoms with van der Waals surface area (Å²) in [6.45, 7) is 5.21. The smallest absolute Gasteiger partial charge is 0.318 e. The Morgan fingerprint density at radius 1 is 1.35 bits per heavy atom. The summed E-state index contributed by atoms with van der Waals surface area (Å²) in [5, 5.41) is 18.9. The number of benzene rings is 1. The van der Waals surface area contributed by atoms with Crippen molar-refractivity contribution in [2.75, 3.05) is 18.0 Å². The molecule has 1 unspecified atom stereocenters. The van der Waals surface area contributed by atoms with Gasteiger partial charge in [0.25, 0.3) is 0 Å². The molecule has 1 aliphatic rings. The van der Waals surface area contributed by atoms with E-state index in [-0.39, 0.29) is 0 Å². The van der Waals surface area contributed by atoms with Crippen LogP contribution in [0.5, 0.6) is 0 Å². The van der Waals surface area contributed by atoms with Crippen LogP contribution in [-0.4, -0.2) is 28.4 Å². The molecular weight excluding hydrogens is 254 g/mol. The molecule has 1 fully saturated rings. The second-order valence-electron chi connectivity index (χ2n) is 5.35. The van der Waals surface area contributed by atoms with Gasteiger partial charge in [-0.3, -0.25) is 0 Å². The number of aliphatic hydroxyl groups is 1. The predicted octanol–water partition coefficient (Wildman–Crippen LogP) is 2.04. The molecule has 1 atom stereocenters. The van der Waals surface area contributed by atoms with E-state index in [1.807, 2.05) is 43.0 Å². The van der Waals surface area contributed by atoms with Crippen molar-refractivity contribution >= 4 is 6.01 Å². The Hall–Kier alpha value is -1.88. The number of hydrogen-bond acceptors (Lipinski definition) is 5. The molecule has 0 aliphatic carbocycles. The normalized spacial score (nSPS) is 22.4. The molecule has 0 bridgehead atoms. The lowest BCUT2D eigenvalue weighted by Crippen LogP contribution is -2.31. The maximum Gasteiger partial charge on any atom is 0.318 e. The van der Waals surface area contributed by atoms with Gasteiger partial charge >= 0.3 is 6.01 Å². The lowest BCUT2D eigenvalue weighted by atomic mass is 9.89. The molecule has 1 N–H and O–H groups in total. The molecule has 5 nitrogen and oxygen atoms in total. The van der Waals surface area contributed by atoms with E-state index in [2.05, 4.69) is 10.2 Å². The molecule has 5 heteroatoms. The number of β-amino-alcohol motifs (C(OH)–C–C–N with tert-alkyl or cyclic N) is 1. The summed E-state index contributed by atoms with van der Waals surface area (Å²) in [4.78, 5) is 1.96. The van der Waals surface area contributed by atoms with Crippen LogP contribution in [0, 0.1) is 6.92 Å². The predicted molar refractivity (Wildman–Crippen MR) is 75.6 cm³/mol. The van der Waals surface area contributed by atoms with Crippen molar-refractivity contribution in [3.8, 4) is 0 Å². The van der Waals surface area contributed by atoms with E-state index in [1.165, 1.54) is 0 Å².